The van der Waals surface area contributed by atoms with Gasteiger partial charge in [0.2, 0.25) is 12.3 Å². The number of thiophene rings is 1. The normalized spacial score (nSPS) is 16.0. The Labute approximate surface area is 150 Å². The Hall–Kier alpha value is -1.85. The first-order valence-corrected chi connectivity index (χ1v) is 9.19. The average molecular weight is 363 g/mol. The maximum Gasteiger partial charge on any atom is 0.230 e. The van der Waals surface area contributed by atoms with E-state index in [4.69, 9.17) is 11.6 Å². The first-order chi connectivity index (χ1) is 11.7. The lowest BCUT2D eigenvalue weighted by Crippen LogP contribution is -2.49. The van der Waals surface area contributed by atoms with Crippen LogP contribution in [0.15, 0.2) is 41.8 Å². The molecule has 2 aromatic rings. The summed E-state index contributed by atoms with van der Waals surface area (Å²) in [5, 5.41) is 2.70. The van der Waals surface area contributed by atoms with E-state index in [0.717, 1.165) is 12.0 Å². The summed E-state index contributed by atoms with van der Waals surface area (Å²) < 4.78 is 0. The summed E-state index contributed by atoms with van der Waals surface area (Å²) in [6.07, 6.45) is 1.54. The molecular weight excluding hydrogens is 344 g/mol. The van der Waals surface area contributed by atoms with Gasteiger partial charge in [-0.1, -0.05) is 29.8 Å². The number of rotatable bonds is 5. The van der Waals surface area contributed by atoms with Gasteiger partial charge in [0.1, 0.15) is 0 Å². The number of halogens is 1. The standard InChI is InChI=1S/C18H19ClN2O2S/c19-15-5-3-14(4-6-15)17(12-16-2-1-11-24-16)18(23)21-9-7-20(13-22)8-10-21/h1-6,11,13,17H,7-10,12H2. The highest BCUT2D eigenvalue weighted by Gasteiger charge is 2.28. The molecule has 1 atom stereocenters. The zero-order valence-electron chi connectivity index (χ0n) is 13.2. The molecule has 24 heavy (non-hydrogen) atoms. The maximum absolute atomic E-state index is 13.1. The first kappa shape index (κ1) is 17.0. The van der Waals surface area contributed by atoms with Crippen molar-refractivity contribution in [2.75, 3.05) is 26.2 Å². The molecule has 0 N–H and O–H groups in total. The molecule has 0 bridgehead atoms. The van der Waals surface area contributed by atoms with E-state index in [-0.39, 0.29) is 11.8 Å². The topological polar surface area (TPSA) is 40.6 Å². The Morgan fingerprint density at radius 2 is 1.88 bits per heavy atom. The summed E-state index contributed by atoms with van der Waals surface area (Å²) >= 11 is 7.65. The van der Waals surface area contributed by atoms with Crippen LogP contribution in [-0.4, -0.2) is 48.3 Å². The molecule has 1 fully saturated rings. The van der Waals surface area contributed by atoms with Gasteiger partial charge in [0.15, 0.2) is 0 Å². The zero-order valence-corrected chi connectivity index (χ0v) is 14.8. The second-order valence-electron chi connectivity index (χ2n) is 5.85. The van der Waals surface area contributed by atoms with Gasteiger partial charge in [-0.05, 0) is 35.6 Å². The molecule has 1 aliphatic rings. The SMILES string of the molecule is O=CN1CCN(C(=O)C(Cc2cccs2)c2ccc(Cl)cc2)CC1. The van der Waals surface area contributed by atoms with Crippen molar-refractivity contribution in [3.05, 3.63) is 57.2 Å². The molecule has 0 saturated carbocycles. The van der Waals surface area contributed by atoms with Gasteiger partial charge in [-0.3, -0.25) is 9.59 Å². The second kappa shape index (κ2) is 7.81. The molecule has 2 amide bonds. The largest absolute Gasteiger partial charge is 0.342 e. The van der Waals surface area contributed by atoms with Crippen molar-refractivity contribution < 1.29 is 9.59 Å². The van der Waals surface area contributed by atoms with E-state index in [9.17, 15) is 9.59 Å². The van der Waals surface area contributed by atoms with Crippen LogP contribution in [0.25, 0.3) is 0 Å². The minimum atomic E-state index is -0.219. The van der Waals surface area contributed by atoms with E-state index in [1.807, 2.05) is 40.6 Å². The lowest BCUT2D eigenvalue weighted by Gasteiger charge is -2.34. The summed E-state index contributed by atoms with van der Waals surface area (Å²) in [7, 11) is 0. The molecule has 0 radical (unpaired) electrons. The lowest BCUT2D eigenvalue weighted by atomic mass is 9.93. The zero-order chi connectivity index (χ0) is 16.9. The highest BCUT2D eigenvalue weighted by atomic mass is 35.5. The molecule has 1 saturated heterocycles. The smallest absolute Gasteiger partial charge is 0.230 e. The van der Waals surface area contributed by atoms with Crippen LogP contribution in [0.3, 0.4) is 0 Å². The molecule has 4 nitrogen and oxygen atoms in total. The number of carbonyl (C=O) groups is 2. The van der Waals surface area contributed by atoms with Crippen LogP contribution in [0, 0.1) is 0 Å². The fourth-order valence-corrected chi connectivity index (χ4v) is 3.82. The van der Waals surface area contributed by atoms with Crippen molar-refractivity contribution >= 4 is 35.3 Å². The predicted molar refractivity (Wildman–Crippen MR) is 96.4 cm³/mol. The Bertz CT molecular complexity index is 680. The fraction of sp³-hybridized carbons (Fsp3) is 0.333. The number of nitrogens with zero attached hydrogens (tertiary/aromatic N) is 2. The highest BCUT2D eigenvalue weighted by molar-refractivity contribution is 7.09. The van der Waals surface area contributed by atoms with Crippen molar-refractivity contribution in [3.8, 4) is 0 Å². The number of piperazine rings is 1. The van der Waals surface area contributed by atoms with Gasteiger partial charge in [-0.15, -0.1) is 11.3 Å². The Balaban J connectivity index is 1.79. The summed E-state index contributed by atoms with van der Waals surface area (Å²) in [5.74, 6) is -0.0973. The number of hydrogen-bond donors (Lipinski definition) is 0. The van der Waals surface area contributed by atoms with Gasteiger partial charge in [0, 0.05) is 36.1 Å². The van der Waals surface area contributed by atoms with E-state index in [1.54, 1.807) is 16.2 Å². The molecule has 3 rings (SSSR count). The van der Waals surface area contributed by atoms with Crippen LogP contribution in [0.1, 0.15) is 16.4 Å². The van der Waals surface area contributed by atoms with Crippen LogP contribution < -0.4 is 0 Å². The molecule has 6 heteroatoms. The summed E-state index contributed by atoms with van der Waals surface area (Å²) in [4.78, 5) is 28.7. The summed E-state index contributed by atoms with van der Waals surface area (Å²) in [6.45, 7) is 2.38. The molecule has 2 heterocycles. The van der Waals surface area contributed by atoms with Crippen molar-refractivity contribution in [3.63, 3.8) is 0 Å². The highest BCUT2D eigenvalue weighted by Crippen LogP contribution is 2.27. The van der Waals surface area contributed by atoms with Crippen molar-refractivity contribution in [2.45, 2.75) is 12.3 Å². The Kier molecular flexibility index (Phi) is 5.53. The minimum absolute atomic E-state index is 0.122. The van der Waals surface area contributed by atoms with Crippen LogP contribution in [0.4, 0.5) is 0 Å². The Morgan fingerprint density at radius 1 is 1.17 bits per heavy atom. The van der Waals surface area contributed by atoms with Crippen LogP contribution in [0.2, 0.25) is 5.02 Å². The van der Waals surface area contributed by atoms with E-state index in [0.29, 0.717) is 37.6 Å². The van der Waals surface area contributed by atoms with Crippen LogP contribution >= 0.6 is 22.9 Å². The van der Waals surface area contributed by atoms with E-state index < -0.39 is 0 Å². The molecule has 1 aromatic heterocycles. The van der Waals surface area contributed by atoms with Crippen molar-refractivity contribution in [1.82, 2.24) is 9.80 Å². The second-order valence-corrected chi connectivity index (χ2v) is 7.32. The van der Waals surface area contributed by atoms with Crippen LogP contribution in [-0.2, 0) is 16.0 Å². The summed E-state index contributed by atoms with van der Waals surface area (Å²) in [5.41, 5.74) is 0.982. The lowest BCUT2D eigenvalue weighted by molar-refractivity contribution is -0.136. The quantitative estimate of drug-likeness (QED) is 0.767. The summed E-state index contributed by atoms with van der Waals surface area (Å²) in [6, 6.07) is 11.6. The van der Waals surface area contributed by atoms with Gasteiger partial charge in [-0.2, -0.15) is 0 Å². The number of carbonyl (C=O) groups excluding carboxylic acids is 2. The van der Waals surface area contributed by atoms with E-state index >= 15 is 0 Å². The van der Waals surface area contributed by atoms with Gasteiger partial charge in [0.25, 0.3) is 0 Å². The third-order valence-corrected chi connectivity index (χ3v) is 5.48. The van der Waals surface area contributed by atoms with Gasteiger partial charge in [0.05, 0.1) is 5.92 Å². The molecule has 1 aliphatic heterocycles. The van der Waals surface area contributed by atoms with Crippen LogP contribution in [0.5, 0.6) is 0 Å². The molecule has 1 unspecified atom stereocenters. The van der Waals surface area contributed by atoms with Gasteiger partial charge >= 0.3 is 0 Å². The molecule has 1 aromatic carbocycles. The maximum atomic E-state index is 13.1. The monoisotopic (exact) mass is 362 g/mol. The Morgan fingerprint density at radius 3 is 2.46 bits per heavy atom. The molecule has 126 valence electrons. The van der Waals surface area contributed by atoms with Gasteiger partial charge in [-0.25, -0.2) is 0 Å². The van der Waals surface area contributed by atoms with E-state index in [1.165, 1.54) is 4.88 Å². The number of benzene rings is 1. The van der Waals surface area contributed by atoms with Gasteiger partial charge < -0.3 is 9.80 Å². The molecule has 0 spiro atoms. The minimum Gasteiger partial charge on any atom is -0.342 e. The predicted octanol–water partition coefficient (Wildman–Crippen LogP) is 3.03. The molecular formula is C18H19ClN2O2S. The number of hydrogen-bond acceptors (Lipinski definition) is 3. The number of amides is 2. The average Bonchev–Trinajstić information content (AvgIpc) is 3.13. The third kappa shape index (κ3) is 3.97. The van der Waals surface area contributed by atoms with E-state index in [2.05, 4.69) is 6.07 Å². The first-order valence-electron chi connectivity index (χ1n) is 7.93. The third-order valence-electron chi connectivity index (χ3n) is 4.33. The van der Waals surface area contributed by atoms with Crippen molar-refractivity contribution in [2.24, 2.45) is 0 Å². The fourth-order valence-electron chi connectivity index (χ4n) is 2.94. The molecule has 0 aliphatic carbocycles. The van der Waals surface area contributed by atoms with Crippen molar-refractivity contribution in [1.29, 1.82) is 0 Å².